The Morgan fingerprint density at radius 1 is 1.04 bits per heavy atom. The number of rotatable bonds is 5. The van der Waals surface area contributed by atoms with E-state index in [1.165, 1.54) is 0 Å². The molecular formula is C20H20N4O3S. The Balaban J connectivity index is 1.55. The molecule has 1 N–H and O–H groups in total. The van der Waals surface area contributed by atoms with Gasteiger partial charge in [0.05, 0.1) is 11.8 Å². The maximum Gasteiger partial charge on any atom is 0.303 e. The number of amides is 1. The van der Waals surface area contributed by atoms with Crippen molar-refractivity contribution < 1.29 is 14.7 Å². The van der Waals surface area contributed by atoms with E-state index < -0.39 is 5.97 Å². The molecule has 1 aliphatic heterocycles. The number of aliphatic carboxylic acids is 1. The molecule has 1 amide bonds. The molecule has 3 heterocycles. The Labute approximate surface area is 166 Å². The summed E-state index contributed by atoms with van der Waals surface area (Å²) in [4.78, 5) is 36.7. The van der Waals surface area contributed by atoms with Crippen molar-refractivity contribution in [3.63, 3.8) is 0 Å². The Hall–Kier alpha value is -3.00. The molecule has 28 heavy (non-hydrogen) atoms. The van der Waals surface area contributed by atoms with Gasteiger partial charge in [-0.2, -0.15) is 0 Å². The van der Waals surface area contributed by atoms with Gasteiger partial charge in [-0.3, -0.25) is 9.59 Å². The number of fused-ring (bicyclic) bond motifs is 1. The standard InChI is InChI=1S/C20H20N4O3S/c25-16(6-7-17(26)27)23-8-10-24(11-9-23)19-18-15(14-4-2-1-3-5-14)12-28-20(18)22-13-21-19/h1-5,12-13H,6-11H2,(H,26,27). The number of carbonyl (C=O) groups excluding carboxylic acids is 1. The van der Waals surface area contributed by atoms with E-state index in [1.807, 2.05) is 18.2 Å². The first-order valence-corrected chi connectivity index (χ1v) is 10.0. The van der Waals surface area contributed by atoms with Crippen molar-refractivity contribution in [2.24, 2.45) is 0 Å². The fourth-order valence-corrected chi connectivity index (χ4v) is 4.38. The predicted octanol–water partition coefficient (Wildman–Crippen LogP) is 2.87. The Morgan fingerprint density at radius 3 is 2.50 bits per heavy atom. The van der Waals surface area contributed by atoms with Gasteiger partial charge in [0, 0.05) is 43.5 Å². The average molecular weight is 396 g/mol. The highest BCUT2D eigenvalue weighted by atomic mass is 32.1. The van der Waals surface area contributed by atoms with Crippen LogP contribution < -0.4 is 4.90 Å². The number of anilines is 1. The fraction of sp³-hybridized carbons (Fsp3) is 0.300. The summed E-state index contributed by atoms with van der Waals surface area (Å²) in [7, 11) is 0. The molecule has 0 atom stereocenters. The number of benzene rings is 1. The molecule has 3 aromatic rings. The molecule has 144 valence electrons. The van der Waals surface area contributed by atoms with Crippen molar-refractivity contribution in [3.05, 3.63) is 42.0 Å². The topological polar surface area (TPSA) is 86.6 Å². The van der Waals surface area contributed by atoms with Crippen LogP contribution >= 0.6 is 11.3 Å². The molecule has 2 aromatic heterocycles. The van der Waals surface area contributed by atoms with E-state index in [1.54, 1.807) is 22.6 Å². The molecule has 0 unspecified atom stereocenters. The lowest BCUT2D eigenvalue weighted by Crippen LogP contribution is -2.49. The summed E-state index contributed by atoms with van der Waals surface area (Å²) in [5.41, 5.74) is 2.25. The minimum atomic E-state index is -0.943. The summed E-state index contributed by atoms with van der Waals surface area (Å²) in [5.74, 6) is -0.153. The van der Waals surface area contributed by atoms with Gasteiger partial charge in [-0.25, -0.2) is 9.97 Å². The number of carboxylic acids is 1. The lowest BCUT2D eigenvalue weighted by atomic mass is 10.1. The third-order valence-electron chi connectivity index (χ3n) is 4.92. The minimum Gasteiger partial charge on any atom is -0.481 e. The Bertz CT molecular complexity index is 997. The molecular weight excluding hydrogens is 376 g/mol. The molecule has 1 fully saturated rings. The van der Waals surface area contributed by atoms with Crippen LogP contribution in [0.15, 0.2) is 42.0 Å². The van der Waals surface area contributed by atoms with Gasteiger partial charge in [0.2, 0.25) is 5.91 Å². The first-order chi connectivity index (χ1) is 13.6. The van der Waals surface area contributed by atoms with Crippen LogP contribution in [-0.2, 0) is 9.59 Å². The van der Waals surface area contributed by atoms with Gasteiger partial charge in [-0.15, -0.1) is 11.3 Å². The molecule has 1 aliphatic rings. The number of thiophene rings is 1. The van der Waals surface area contributed by atoms with Crippen LogP contribution in [0, 0.1) is 0 Å². The van der Waals surface area contributed by atoms with E-state index in [4.69, 9.17) is 5.11 Å². The van der Waals surface area contributed by atoms with Crippen LogP contribution in [0.2, 0.25) is 0 Å². The van der Waals surface area contributed by atoms with Gasteiger partial charge in [0.25, 0.3) is 0 Å². The van der Waals surface area contributed by atoms with Crippen molar-refractivity contribution in [2.45, 2.75) is 12.8 Å². The fourth-order valence-electron chi connectivity index (χ4n) is 3.47. The quantitative estimate of drug-likeness (QED) is 0.714. The number of hydrogen-bond acceptors (Lipinski definition) is 6. The lowest BCUT2D eigenvalue weighted by molar-refractivity contribution is -0.141. The van der Waals surface area contributed by atoms with E-state index >= 15 is 0 Å². The van der Waals surface area contributed by atoms with E-state index in [0.29, 0.717) is 26.2 Å². The van der Waals surface area contributed by atoms with Crippen LogP contribution in [0.5, 0.6) is 0 Å². The molecule has 0 aliphatic carbocycles. The minimum absolute atomic E-state index is 0.0514. The lowest BCUT2D eigenvalue weighted by Gasteiger charge is -2.35. The number of carboxylic acid groups (broad SMARTS) is 1. The summed E-state index contributed by atoms with van der Waals surface area (Å²) < 4.78 is 0. The van der Waals surface area contributed by atoms with Crippen LogP contribution in [0.3, 0.4) is 0 Å². The number of aromatic nitrogens is 2. The Morgan fingerprint density at radius 2 is 1.79 bits per heavy atom. The van der Waals surface area contributed by atoms with E-state index in [-0.39, 0.29) is 18.7 Å². The second-order valence-corrected chi connectivity index (χ2v) is 7.51. The van der Waals surface area contributed by atoms with Gasteiger partial charge < -0.3 is 14.9 Å². The molecule has 0 spiro atoms. The zero-order valence-electron chi connectivity index (χ0n) is 15.2. The van der Waals surface area contributed by atoms with Crippen LogP contribution in [-0.4, -0.2) is 58.0 Å². The molecule has 1 aromatic carbocycles. The number of carbonyl (C=O) groups is 2. The van der Waals surface area contributed by atoms with Crippen LogP contribution in [0.1, 0.15) is 12.8 Å². The third kappa shape index (κ3) is 3.68. The molecule has 0 radical (unpaired) electrons. The van der Waals surface area contributed by atoms with Crippen molar-refractivity contribution >= 4 is 39.2 Å². The molecule has 8 heteroatoms. The van der Waals surface area contributed by atoms with E-state index in [9.17, 15) is 9.59 Å². The maximum absolute atomic E-state index is 12.2. The number of nitrogens with zero attached hydrogens (tertiary/aromatic N) is 4. The maximum atomic E-state index is 12.2. The zero-order valence-corrected chi connectivity index (χ0v) is 16.1. The van der Waals surface area contributed by atoms with Gasteiger partial charge in [-0.1, -0.05) is 30.3 Å². The largest absolute Gasteiger partial charge is 0.481 e. The second kappa shape index (κ2) is 7.93. The highest BCUT2D eigenvalue weighted by molar-refractivity contribution is 7.17. The highest BCUT2D eigenvalue weighted by Gasteiger charge is 2.24. The monoisotopic (exact) mass is 396 g/mol. The first kappa shape index (κ1) is 18.4. The third-order valence-corrected chi connectivity index (χ3v) is 5.81. The summed E-state index contributed by atoms with van der Waals surface area (Å²) in [6.45, 7) is 2.45. The van der Waals surface area contributed by atoms with Gasteiger partial charge in [-0.05, 0) is 5.56 Å². The normalized spacial score (nSPS) is 14.4. The number of piperazine rings is 1. The SMILES string of the molecule is O=C(O)CCC(=O)N1CCN(c2ncnc3scc(-c4ccccc4)c23)CC1. The Kier molecular flexibility index (Phi) is 5.21. The first-order valence-electron chi connectivity index (χ1n) is 9.15. The summed E-state index contributed by atoms with van der Waals surface area (Å²) in [6.07, 6.45) is 1.52. The molecule has 0 bridgehead atoms. The highest BCUT2D eigenvalue weighted by Crippen LogP contribution is 2.37. The number of hydrogen-bond donors (Lipinski definition) is 1. The van der Waals surface area contributed by atoms with Crippen molar-refractivity contribution in [1.82, 2.24) is 14.9 Å². The summed E-state index contributed by atoms with van der Waals surface area (Å²) in [6, 6.07) is 10.2. The van der Waals surface area contributed by atoms with Crippen LogP contribution in [0.4, 0.5) is 5.82 Å². The second-order valence-electron chi connectivity index (χ2n) is 6.65. The summed E-state index contributed by atoms with van der Waals surface area (Å²) >= 11 is 1.60. The average Bonchev–Trinajstić information content (AvgIpc) is 3.17. The summed E-state index contributed by atoms with van der Waals surface area (Å²) in [5, 5.41) is 11.9. The van der Waals surface area contributed by atoms with Gasteiger partial charge in [0.1, 0.15) is 17.0 Å². The van der Waals surface area contributed by atoms with E-state index in [0.717, 1.165) is 27.2 Å². The molecule has 4 rings (SSSR count). The van der Waals surface area contributed by atoms with E-state index in [2.05, 4.69) is 32.4 Å². The zero-order chi connectivity index (χ0) is 19.5. The molecule has 0 saturated carbocycles. The smallest absolute Gasteiger partial charge is 0.303 e. The van der Waals surface area contributed by atoms with Crippen molar-refractivity contribution in [1.29, 1.82) is 0 Å². The van der Waals surface area contributed by atoms with Crippen molar-refractivity contribution in [3.8, 4) is 11.1 Å². The van der Waals surface area contributed by atoms with Gasteiger partial charge >= 0.3 is 5.97 Å². The van der Waals surface area contributed by atoms with Crippen LogP contribution in [0.25, 0.3) is 21.3 Å². The molecule has 1 saturated heterocycles. The van der Waals surface area contributed by atoms with Gasteiger partial charge in [0.15, 0.2) is 0 Å². The predicted molar refractivity (Wildman–Crippen MR) is 109 cm³/mol. The molecule has 7 nitrogen and oxygen atoms in total. The van der Waals surface area contributed by atoms with Crippen molar-refractivity contribution in [2.75, 3.05) is 31.1 Å².